The van der Waals surface area contributed by atoms with E-state index in [1.165, 1.54) is 25.3 Å². The maximum absolute atomic E-state index is 9.98. The van der Waals surface area contributed by atoms with Crippen molar-refractivity contribution in [2.45, 2.75) is 46.3 Å². The smallest absolute Gasteiger partial charge is 0.160 e. The zero-order valence-corrected chi connectivity index (χ0v) is 16.8. The van der Waals surface area contributed by atoms with Crippen molar-refractivity contribution in [2.24, 2.45) is 0 Å². The van der Waals surface area contributed by atoms with Crippen LogP contribution in [0.25, 0.3) is 0 Å². The molecule has 6 heteroatoms. The van der Waals surface area contributed by atoms with Crippen LogP contribution in [0.15, 0.2) is 30.3 Å². The van der Waals surface area contributed by atoms with Crippen molar-refractivity contribution in [3.05, 3.63) is 41.5 Å². The molecule has 0 aromatic heterocycles. The van der Waals surface area contributed by atoms with Crippen LogP contribution in [-0.4, -0.2) is 35.6 Å². The van der Waals surface area contributed by atoms with E-state index in [2.05, 4.69) is 0 Å². The highest BCUT2D eigenvalue weighted by atomic mass is 16.5. The molecule has 1 aliphatic rings. The summed E-state index contributed by atoms with van der Waals surface area (Å²) in [7, 11) is 3.04. The van der Waals surface area contributed by atoms with Crippen molar-refractivity contribution >= 4 is 0 Å². The van der Waals surface area contributed by atoms with Gasteiger partial charge in [0.15, 0.2) is 17.6 Å². The van der Waals surface area contributed by atoms with Crippen LogP contribution in [0.4, 0.5) is 0 Å². The van der Waals surface area contributed by atoms with E-state index in [0.29, 0.717) is 23.5 Å². The molecule has 3 N–H and O–H groups in total. The molecule has 1 aliphatic heterocycles. The Labute approximate surface area is 161 Å². The zero-order chi connectivity index (χ0) is 20.6. The molecular formula is C21H30O6. The van der Waals surface area contributed by atoms with Crippen molar-refractivity contribution < 1.29 is 29.5 Å². The first-order chi connectivity index (χ1) is 13.0. The predicted octanol–water partition coefficient (Wildman–Crippen LogP) is 4.56. The minimum Gasteiger partial charge on any atom is -0.508 e. The third-order valence-electron chi connectivity index (χ3n) is 4.00. The molecule has 0 saturated carbocycles. The molecule has 6 nitrogen and oxygen atoms in total. The number of hydrogen-bond donors (Lipinski definition) is 3. The van der Waals surface area contributed by atoms with Gasteiger partial charge in [0.1, 0.15) is 23.4 Å². The Morgan fingerprint density at radius 1 is 0.926 bits per heavy atom. The summed E-state index contributed by atoms with van der Waals surface area (Å²) >= 11 is 0. The van der Waals surface area contributed by atoms with Crippen LogP contribution >= 0.6 is 0 Å². The van der Waals surface area contributed by atoms with Gasteiger partial charge in [0.2, 0.25) is 0 Å². The zero-order valence-electron chi connectivity index (χ0n) is 16.8. The topological polar surface area (TPSA) is 88.4 Å². The number of methoxy groups -OCH3 is 2. The number of benzene rings is 2. The largest absolute Gasteiger partial charge is 0.508 e. The van der Waals surface area contributed by atoms with E-state index in [0.717, 1.165) is 5.56 Å². The van der Waals surface area contributed by atoms with E-state index in [1.54, 1.807) is 19.2 Å². The lowest BCUT2D eigenvalue weighted by molar-refractivity contribution is -0.0122. The van der Waals surface area contributed by atoms with Crippen LogP contribution in [0.2, 0.25) is 0 Å². The van der Waals surface area contributed by atoms with E-state index in [9.17, 15) is 15.3 Å². The minimum absolute atomic E-state index is 0.0243. The molecular weight excluding hydrogens is 348 g/mol. The summed E-state index contributed by atoms with van der Waals surface area (Å²) in [6.07, 6.45) is -0.346. The van der Waals surface area contributed by atoms with Gasteiger partial charge in [-0.3, -0.25) is 0 Å². The Balaban J connectivity index is 0.000000855. The molecule has 0 saturated heterocycles. The fourth-order valence-corrected chi connectivity index (χ4v) is 2.81. The highest BCUT2D eigenvalue weighted by Gasteiger charge is 2.33. The molecule has 0 spiro atoms. The van der Waals surface area contributed by atoms with Crippen LogP contribution in [-0.2, 0) is 11.2 Å². The maximum atomic E-state index is 9.98. The van der Waals surface area contributed by atoms with E-state index in [1.807, 2.05) is 27.7 Å². The lowest BCUT2D eigenvalue weighted by Gasteiger charge is -2.33. The number of fused-ring (bicyclic) bond motifs is 1. The normalized spacial score (nSPS) is 17.3. The van der Waals surface area contributed by atoms with Crippen molar-refractivity contribution in [1.82, 2.24) is 0 Å². The predicted molar refractivity (Wildman–Crippen MR) is 105 cm³/mol. The molecule has 0 radical (unpaired) electrons. The molecule has 0 bridgehead atoms. The first-order valence-electron chi connectivity index (χ1n) is 9.14. The summed E-state index contributed by atoms with van der Waals surface area (Å²) in [4.78, 5) is 0. The summed E-state index contributed by atoms with van der Waals surface area (Å²) in [5.74, 6) is 0.693. The van der Waals surface area contributed by atoms with Crippen molar-refractivity contribution in [2.75, 3.05) is 14.2 Å². The van der Waals surface area contributed by atoms with Gasteiger partial charge in [-0.15, -0.1) is 0 Å². The average Bonchev–Trinajstić information content (AvgIpc) is 2.70. The lowest BCUT2D eigenvalue weighted by Crippen LogP contribution is -2.32. The number of rotatable bonds is 3. The van der Waals surface area contributed by atoms with Gasteiger partial charge in [0.25, 0.3) is 0 Å². The Bertz CT molecular complexity index is 729. The Morgan fingerprint density at radius 3 is 2.19 bits per heavy atom. The van der Waals surface area contributed by atoms with Gasteiger partial charge in [-0.1, -0.05) is 33.8 Å². The van der Waals surface area contributed by atoms with Gasteiger partial charge in [0, 0.05) is 31.2 Å². The van der Waals surface area contributed by atoms with Crippen molar-refractivity contribution in [1.29, 1.82) is 0 Å². The molecule has 3 rings (SSSR count). The van der Waals surface area contributed by atoms with Crippen LogP contribution in [0.1, 0.15) is 44.9 Å². The third-order valence-corrected chi connectivity index (χ3v) is 4.00. The maximum Gasteiger partial charge on any atom is 0.160 e. The second-order valence-corrected chi connectivity index (χ2v) is 5.39. The fraction of sp³-hybridized carbons (Fsp3) is 0.429. The van der Waals surface area contributed by atoms with E-state index in [4.69, 9.17) is 14.2 Å². The van der Waals surface area contributed by atoms with Crippen LogP contribution in [0, 0.1) is 0 Å². The van der Waals surface area contributed by atoms with Gasteiger partial charge in [-0.25, -0.2) is 0 Å². The standard InChI is InChI=1S/C17H18O6.2C2H6/c1-21-15-5-9(3-4-12(15)19)17-16(22-2)8-11-13(20)6-10(18)7-14(11)23-17;2*1-2/h3-7,16-20H,8H2,1-2H3;2*1-2H3/t16-,17-;;/m1../s1. The average molecular weight is 378 g/mol. The molecule has 0 fully saturated rings. The summed E-state index contributed by atoms with van der Waals surface area (Å²) < 4.78 is 16.6. The lowest BCUT2D eigenvalue weighted by atomic mass is 9.93. The van der Waals surface area contributed by atoms with Crippen LogP contribution in [0.5, 0.6) is 28.7 Å². The molecule has 2 atom stereocenters. The van der Waals surface area contributed by atoms with Crippen molar-refractivity contribution in [3.63, 3.8) is 0 Å². The van der Waals surface area contributed by atoms with Gasteiger partial charge >= 0.3 is 0 Å². The summed E-state index contributed by atoms with van der Waals surface area (Å²) in [6, 6.07) is 7.67. The first kappa shape index (κ1) is 22.4. The van der Waals surface area contributed by atoms with E-state index >= 15 is 0 Å². The quantitative estimate of drug-likeness (QED) is 0.726. The highest BCUT2D eigenvalue weighted by molar-refractivity contribution is 5.52. The van der Waals surface area contributed by atoms with Gasteiger partial charge in [-0.2, -0.15) is 0 Å². The molecule has 0 amide bonds. The third kappa shape index (κ3) is 4.98. The number of aromatic hydroxyl groups is 3. The van der Waals surface area contributed by atoms with Gasteiger partial charge in [0.05, 0.1) is 7.11 Å². The molecule has 1 heterocycles. The van der Waals surface area contributed by atoms with Crippen molar-refractivity contribution in [3.8, 4) is 28.7 Å². The number of phenols is 3. The first-order valence-corrected chi connectivity index (χ1v) is 9.14. The molecule has 27 heavy (non-hydrogen) atoms. The van der Waals surface area contributed by atoms with Crippen LogP contribution < -0.4 is 9.47 Å². The summed E-state index contributed by atoms with van der Waals surface area (Å²) in [5, 5.41) is 29.3. The Morgan fingerprint density at radius 2 is 1.59 bits per heavy atom. The number of ether oxygens (including phenoxy) is 3. The second-order valence-electron chi connectivity index (χ2n) is 5.39. The second kappa shape index (κ2) is 10.5. The van der Waals surface area contributed by atoms with E-state index < -0.39 is 6.10 Å². The van der Waals surface area contributed by atoms with Crippen LogP contribution in [0.3, 0.4) is 0 Å². The van der Waals surface area contributed by atoms with E-state index in [-0.39, 0.29) is 23.4 Å². The molecule has 0 aliphatic carbocycles. The minimum atomic E-state index is -0.455. The Hall–Kier alpha value is -2.60. The number of hydrogen-bond acceptors (Lipinski definition) is 6. The van der Waals surface area contributed by atoms with Gasteiger partial charge in [-0.05, 0) is 17.7 Å². The Kier molecular flexibility index (Phi) is 8.75. The fourth-order valence-electron chi connectivity index (χ4n) is 2.81. The summed E-state index contributed by atoms with van der Waals surface area (Å²) in [5.41, 5.74) is 1.36. The SMILES string of the molecule is CC.CC.COc1cc([C@H]2Oc3cc(O)cc(O)c3C[C@H]2OC)ccc1O. The summed E-state index contributed by atoms with van der Waals surface area (Å²) in [6.45, 7) is 8.00. The molecule has 0 unspecified atom stereocenters. The molecule has 2 aromatic carbocycles. The highest BCUT2D eigenvalue weighted by Crippen LogP contribution is 2.43. The van der Waals surface area contributed by atoms with Gasteiger partial charge < -0.3 is 29.5 Å². The molecule has 2 aromatic rings. The molecule has 150 valence electrons. The number of phenolic OH excluding ortho intramolecular Hbond substituents is 3. The monoisotopic (exact) mass is 378 g/mol.